The maximum absolute atomic E-state index is 14.6. The predicted octanol–water partition coefficient (Wildman–Crippen LogP) is 4.77. The fourth-order valence-corrected chi connectivity index (χ4v) is 6.14. The average Bonchev–Trinajstić information content (AvgIpc) is 3.54. The van der Waals surface area contributed by atoms with Crippen LogP contribution in [0.25, 0.3) is 21.8 Å². The highest BCUT2D eigenvalue weighted by Crippen LogP contribution is 2.39. The second-order valence-electron chi connectivity index (χ2n) is 8.79. The number of halogens is 1. The quantitative estimate of drug-likeness (QED) is 0.240. The smallest absolute Gasteiger partial charge is 0.295 e. The van der Waals surface area contributed by atoms with Crippen molar-refractivity contribution in [2.45, 2.75) is 31.3 Å². The molecule has 3 aromatic heterocycles. The summed E-state index contributed by atoms with van der Waals surface area (Å²) < 4.78 is 69.8. The fraction of sp³-hybridized carbons (Fsp3) is 0.292. The van der Waals surface area contributed by atoms with Crippen molar-refractivity contribution < 1.29 is 25.6 Å². The lowest BCUT2D eigenvalue weighted by Crippen LogP contribution is -2.13. The molecule has 0 bridgehead atoms. The number of nitrogens with zero attached hydrogens (tertiary/aromatic N) is 3. The Morgan fingerprint density at radius 1 is 1.11 bits per heavy atom. The minimum absolute atomic E-state index is 0.0486. The standard InChI is InChI=1S/C24H26FN5O5S3/c1-15(2)23-29-21(16-7-8-17(25)19(14-16)30-38(33,34)20-6-4-12-35-20)22(36-23)18-9-11-27-24(28-18)26-10-5-13-37(3,31)32/h4,6-9,11-12,14-15,30H,5,10,13H2,1-3H3,(H,26,27,28). The first kappa shape index (κ1) is 27.7. The minimum atomic E-state index is -4.13. The van der Waals surface area contributed by atoms with Crippen LogP contribution in [0.2, 0.25) is 0 Å². The Hall–Kier alpha value is -3.36. The molecule has 0 aliphatic heterocycles. The molecule has 3 heterocycles. The van der Waals surface area contributed by atoms with Gasteiger partial charge in [0.15, 0.2) is 0 Å². The van der Waals surface area contributed by atoms with Crippen molar-refractivity contribution in [3.8, 4) is 21.8 Å². The summed E-state index contributed by atoms with van der Waals surface area (Å²) in [6.07, 6.45) is 4.38. The van der Waals surface area contributed by atoms with E-state index >= 15 is 0 Å². The van der Waals surface area contributed by atoms with Gasteiger partial charge in [0, 0.05) is 30.5 Å². The van der Waals surface area contributed by atoms with Crippen LogP contribution < -0.4 is 10.0 Å². The molecule has 0 saturated carbocycles. The Balaban J connectivity index is 1.67. The van der Waals surface area contributed by atoms with Crippen LogP contribution in [-0.2, 0) is 19.9 Å². The molecule has 0 fully saturated rings. The molecule has 1 aromatic carbocycles. The molecule has 202 valence electrons. The molecule has 0 spiro atoms. The van der Waals surface area contributed by atoms with E-state index in [2.05, 4.69) is 20.0 Å². The molecule has 10 nitrogen and oxygen atoms in total. The molecule has 4 aromatic rings. The van der Waals surface area contributed by atoms with Crippen LogP contribution >= 0.6 is 11.3 Å². The number of anilines is 2. The van der Waals surface area contributed by atoms with E-state index in [9.17, 15) is 21.2 Å². The number of thiazole rings is 1. The van der Waals surface area contributed by atoms with Crippen molar-refractivity contribution in [1.29, 1.82) is 0 Å². The highest BCUT2D eigenvalue weighted by atomic mass is 32.2. The number of sulfone groups is 1. The second-order valence-corrected chi connectivity index (χ2v) is 13.7. The Kier molecular flexibility index (Phi) is 8.13. The number of hydrogen-bond donors (Lipinski definition) is 2. The van der Waals surface area contributed by atoms with E-state index in [0.717, 1.165) is 5.01 Å². The van der Waals surface area contributed by atoms with Crippen LogP contribution in [0.5, 0.6) is 0 Å². The maximum atomic E-state index is 14.6. The number of furan rings is 1. The van der Waals surface area contributed by atoms with Crippen molar-refractivity contribution in [3.63, 3.8) is 0 Å². The lowest BCUT2D eigenvalue weighted by Gasteiger charge is -2.10. The second kappa shape index (κ2) is 11.2. The molecule has 2 N–H and O–H groups in total. The van der Waals surface area contributed by atoms with Crippen LogP contribution in [0.1, 0.15) is 31.2 Å². The van der Waals surface area contributed by atoms with Crippen molar-refractivity contribution >= 4 is 42.8 Å². The largest absolute Gasteiger partial charge is 0.451 e. The molecule has 14 heteroatoms. The molecule has 4 rings (SSSR count). The Bertz CT molecular complexity index is 1640. The Morgan fingerprint density at radius 3 is 2.58 bits per heavy atom. The van der Waals surface area contributed by atoms with Gasteiger partial charge in [0.2, 0.25) is 11.0 Å². The maximum Gasteiger partial charge on any atom is 0.295 e. The summed E-state index contributed by atoms with van der Waals surface area (Å²) >= 11 is 1.42. The minimum Gasteiger partial charge on any atom is -0.451 e. The topological polar surface area (TPSA) is 144 Å². The van der Waals surface area contributed by atoms with Gasteiger partial charge in [-0.25, -0.2) is 27.8 Å². The van der Waals surface area contributed by atoms with E-state index in [1.165, 1.54) is 54.2 Å². The van der Waals surface area contributed by atoms with E-state index < -0.39 is 25.7 Å². The Labute approximate surface area is 224 Å². The highest BCUT2D eigenvalue weighted by molar-refractivity contribution is 7.92. The summed E-state index contributed by atoms with van der Waals surface area (Å²) in [4.78, 5) is 14.2. The molecule has 38 heavy (non-hydrogen) atoms. The average molecular weight is 580 g/mol. The first-order valence-corrected chi connectivity index (χ1v) is 15.9. The van der Waals surface area contributed by atoms with E-state index in [4.69, 9.17) is 9.40 Å². The molecule has 0 unspecified atom stereocenters. The lowest BCUT2D eigenvalue weighted by molar-refractivity contribution is 0.452. The van der Waals surface area contributed by atoms with Crippen molar-refractivity contribution in [2.24, 2.45) is 0 Å². The third-order valence-corrected chi connectivity index (χ3v) is 8.90. The molecular weight excluding hydrogens is 553 g/mol. The van der Waals surface area contributed by atoms with Gasteiger partial charge < -0.3 is 9.73 Å². The third-order valence-electron chi connectivity index (χ3n) is 5.24. The van der Waals surface area contributed by atoms with Gasteiger partial charge in [0.05, 0.1) is 39.0 Å². The van der Waals surface area contributed by atoms with Gasteiger partial charge in [-0.15, -0.1) is 11.3 Å². The number of sulfonamides is 1. The number of nitrogens with one attached hydrogen (secondary N) is 2. The number of benzene rings is 1. The SMILES string of the molecule is CC(C)c1nc(-c2ccc(F)c(NS(=O)(=O)c3ccco3)c2)c(-c2ccnc(NCCCS(C)(=O)=O)n2)s1. The van der Waals surface area contributed by atoms with Crippen LogP contribution in [0.3, 0.4) is 0 Å². The van der Waals surface area contributed by atoms with Crippen molar-refractivity contribution in [2.75, 3.05) is 28.6 Å². The zero-order chi connectivity index (χ0) is 27.5. The summed E-state index contributed by atoms with van der Waals surface area (Å²) in [5.41, 5.74) is 1.31. The monoisotopic (exact) mass is 579 g/mol. The highest BCUT2D eigenvalue weighted by Gasteiger charge is 2.22. The van der Waals surface area contributed by atoms with Gasteiger partial charge in [-0.3, -0.25) is 4.72 Å². The summed E-state index contributed by atoms with van der Waals surface area (Å²) in [5, 5.41) is 3.52. The first-order valence-electron chi connectivity index (χ1n) is 11.5. The molecule has 0 atom stereocenters. The van der Waals surface area contributed by atoms with Crippen LogP contribution in [-0.4, -0.2) is 50.3 Å². The van der Waals surface area contributed by atoms with Gasteiger partial charge in [-0.1, -0.05) is 13.8 Å². The van der Waals surface area contributed by atoms with E-state index in [1.807, 2.05) is 13.8 Å². The summed E-state index contributed by atoms with van der Waals surface area (Å²) in [7, 11) is -7.19. The van der Waals surface area contributed by atoms with Gasteiger partial charge in [-0.05, 0) is 42.8 Å². The van der Waals surface area contributed by atoms with Crippen LogP contribution in [0, 0.1) is 5.82 Å². The zero-order valence-electron chi connectivity index (χ0n) is 20.8. The third kappa shape index (κ3) is 6.74. The number of aromatic nitrogens is 3. The molecule has 0 radical (unpaired) electrons. The fourth-order valence-electron chi connectivity index (χ4n) is 3.42. The van der Waals surface area contributed by atoms with E-state index in [0.29, 0.717) is 40.7 Å². The molecule has 0 aliphatic carbocycles. The lowest BCUT2D eigenvalue weighted by atomic mass is 10.1. The van der Waals surface area contributed by atoms with Gasteiger partial charge in [0.25, 0.3) is 10.0 Å². The molecule has 0 amide bonds. The van der Waals surface area contributed by atoms with Gasteiger partial charge >= 0.3 is 0 Å². The van der Waals surface area contributed by atoms with E-state index in [1.54, 1.807) is 12.3 Å². The summed E-state index contributed by atoms with van der Waals surface area (Å²) in [5.74, 6) is -0.285. The Morgan fingerprint density at radius 2 is 1.89 bits per heavy atom. The summed E-state index contributed by atoms with van der Waals surface area (Å²) in [6.45, 7) is 4.36. The number of rotatable bonds is 11. The summed E-state index contributed by atoms with van der Waals surface area (Å²) in [6, 6.07) is 8.47. The van der Waals surface area contributed by atoms with Crippen molar-refractivity contribution in [3.05, 3.63) is 59.7 Å². The normalized spacial score (nSPS) is 12.1. The molecule has 0 saturated heterocycles. The predicted molar refractivity (Wildman–Crippen MR) is 145 cm³/mol. The van der Waals surface area contributed by atoms with E-state index in [-0.39, 0.29) is 22.5 Å². The number of hydrogen-bond acceptors (Lipinski definition) is 10. The van der Waals surface area contributed by atoms with Crippen LogP contribution in [0.4, 0.5) is 16.0 Å². The van der Waals surface area contributed by atoms with Gasteiger partial charge in [-0.2, -0.15) is 8.42 Å². The van der Waals surface area contributed by atoms with Crippen molar-refractivity contribution in [1.82, 2.24) is 15.0 Å². The zero-order valence-corrected chi connectivity index (χ0v) is 23.3. The molecule has 0 aliphatic rings. The molecular formula is C24H26FN5O5S3. The van der Waals surface area contributed by atoms with Gasteiger partial charge in [0.1, 0.15) is 15.7 Å². The van der Waals surface area contributed by atoms with Crippen LogP contribution in [0.15, 0.2) is 58.4 Å². The first-order chi connectivity index (χ1) is 17.9.